The van der Waals surface area contributed by atoms with Crippen molar-refractivity contribution in [1.82, 2.24) is 4.98 Å². The van der Waals surface area contributed by atoms with Gasteiger partial charge in [-0.05, 0) is 50.6 Å². The molecule has 0 spiro atoms. The van der Waals surface area contributed by atoms with E-state index in [1.54, 1.807) is 0 Å². The first-order valence-corrected chi connectivity index (χ1v) is 6.50. The van der Waals surface area contributed by atoms with Crippen LogP contribution in [-0.2, 0) is 0 Å². The summed E-state index contributed by atoms with van der Waals surface area (Å²) in [7, 11) is 0. The van der Waals surface area contributed by atoms with Crippen molar-refractivity contribution >= 4 is 28.6 Å². The number of nitrogens with one attached hydrogen (secondary N) is 1. The van der Waals surface area contributed by atoms with Crippen molar-refractivity contribution < 1.29 is 0 Å². The molecule has 0 saturated carbocycles. The number of hydrogen-bond donors (Lipinski definition) is 2. The van der Waals surface area contributed by atoms with E-state index in [9.17, 15) is 0 Å². The van der Waals surface area contributed by atoms with Gasteiger partial charge < -0.3 is 11.1 Å². The fraction of sp³-hybridized carbons (Fsp3) is 0.200. The van der Waals surface area contributed by atoms with E-state index < -0.39 is 0 Å². The Hall–Kier alpha value is -1.94. The molecule has 0 radical (unpaired) electrons. The molecule has 3 nitrogen and oxygen atoms in total. The predicted octanol–water partition coefficient (Wildman–Crippen LogP) is 3.38. The minimum Gasteiger partial charge on any atom is -0.389 e. The third kappa shape index (κ3) is 3.09. The van der Waals surface area contributed by atoms with E-state index in [0.717, 1.165) is 33.9 Å². The Morgan fingerprint density at radius 2 is 1.84 bits per heavy atom. The Labute approximate surface area is 118 Å². The highest BCUT2D eigenvalue weighted by atomic mass is 32.1. The second-order valence-electron chi connectivity index (χ2n) is 4.62. The first-order chi connectivity index (χ1) is 8.97. The quantitative estimate of drug-likeness (QED) is 0.840. The van der Waals surface area contributed by atoms with Gasteiger partial charge in [0.1, 0.15) is 4.99 Å². The van der Waals surface area contributed by atoms with Crippen molar-refractivity contribution in [1.29, 1.82) is 0 Å². The van der Waals surface area contributed by atoms with Crippen molar-refractivity contribution in [3.8, 4) is 0 Å². The molecule has 0 saturated heterocycles. The van der Waals surface area contributed by atoms with Gasteiger partial charge in [0.2, 0.25) is 0 Å². The van der Waals surface area contributed by atoms with E-state index in [1.807, 2.05) is 51.1 Å². The Bertz CT molecular complexity index is 635. The molecule has 0 unspecified atom stereocenters. The lowest BCUT2D eigenvalue weighted by Gasteiger charge is -2.14. The number of pyridine rings is 1. The van der Waals surface area contributed by atoms with Crippen LogP contribution in [0.15, 0.2) is 30.3 Å². The first-order valence-electron chi connectivity index (χ1n) is 6.09. The van der Waals surface area contributed by atoms with Crippen LogP contribution in [0.3, 0.4) is 0 Å². The van der Waals surface area contributed by atoms with Gasteiger partial charge in [-0.1, -0.05) is 18.3 Å². The standard InChI is InChI=1S/C15H17N3S/c1-9-4-6-12(15(16)19)14(8-9)18-13-7-5-10(2)17-11(13)3/h4-8,18H,1-3H3,(H2,16,19). The largest absolute Gasteiger partial charge is 0.389 e. The summed E-state index contributed by atoms with van der Waals surface area (Å²) in [5.41, 5.74) is 11.6. The van der Waals surface area contributed by atoms with Crippen molar-refractivity contribution in [2.24, 2.45) is 5.73 Å². The van der Waals surface area contributed by atoms with E-state index >= 15 is 0 Å². The maximum absolute atomic E-state index is 5.76. The molecule has 0 aliphatic rings. The zero-order valence-corrected chi connectivity index (χ0v) is 12.1. The van der Waals surface area contributed by atoms with Gasteiger partial charge in [-0.3, -0.25) is 4.98 Å². The summed E-state index contributed by atoms with van der Waals surface area (Å²) < 4.78 is 0. The zero-order chi connectivity index (χ0) is 14.0. The number of nitrogens with two attached hydrogens (primary N) is 1. The highest BCUT2D eigenvalue weighted by Gasteiger charge is 2.07. The SMILES string of the molecule is Cc1ccc(C(N)=S)c(Nc2ccc(C)nc2C)c1. The van der Waals surface area contributed by atoms with Crippen LogP contribution in [-0.4, -0.2) is 9.97 Å². The highest BCUT2D eigenvalue weighted by Crippen LogP contribution is 2.24. The molecule has 1 aromatic heterocycles. The fourth-order valence-corrected chi connectivity index (χ4v) is 2.12. The van der Waals surface area contributed by atoms with Crippen LogP contribution < -0.4 is 11.1 Å². The number of benzene rings is 1. The van der Waals surface area contributed by atoms with Crippen molar-refractivity contribution in [2.75, 3.05) is 5.32 Å². The van der Waals surface area contributed by atoms with E-state index in [0.29, 0.717) is 4.99 Å². The van der Waals surface area contributed by atoms with Gasteiger partial charge in [-0.15, -0.1) is 0 Å². The molecule has 19 heavy (non-hydrogen) atoms. The Morgan fingerprint density at radius 1 is 1.11 bits per heavy atom. The molecule has 0 fully saturated rings. The van der Waals surface area contributed by atoms with Crippen LogP contribution >= 0.6 is 12.2 Å². The molecule has 3 N–H and O–H groups in total. The van der Waals surface area contributed by atoms with Gasteiger partial charge in [0, 0.05) is 16.9 Å². The normalized spacial score (nSPS) is 10.3. The molecule has 0 aliphatic heterocycles. The number of anilines is 2. The summed E-state index contributed by atoms with van der Waals surface area (Å²) in [5.74, 6) is 0. The van der Waals surface area contributed by atoms with Crippen LogP contribution in [0.1, 0.15) is 22.5 Å². The van der Waals surface area contributed by atoms with Crippen molar-refractivity contribution in [3.63, 3.8) is 0 Å². The molecule has 1 heterocycles. The lowest BCUT2D eigenvalue weighted by atomic mass is 10.1. The van der Waals surface area contributed by atoms with Crippen molar-refractivity contribution in [3.05, 3.63) is 52.8 Å². The molecule has 1 aromatic carbocycles. The molecule has 4 heteroatoms. The third-order valence-corrected chi connectivity index (χ3v) is 3.15. The fourth-order valence-electron chi connectivity index (χ4n) is 1.94. The Balaban J connectivity index is 2.42. The highest BCUT2D eigenvalue weighted by molar-refractivity contribution is 7.80. The van der Waals surface area contributed by atoms with E-state index in [-0.39, 0.29) is 0 Å². The number of aromatic nitrogens is 1. The second-order valence-corrected chi connectivity index (χ2v) is 5.06. The van der Waals surface area contributed by atoms with Crippen molar-refractivity contribution in [2.45, 2.75) is 20.8 Å². The summed E-state index contributed by atoms with van der Waals surface area (Å²) in [5, 5.41) is 3.36. The molecule has 2 aromatic rings. The van der Waals surface area contributed by atoms with Crippen LogP contribution in [0.4, 0.5) is 11.4 Å². The van der Waals surface area contributed by atoms with Gasteiger partial charge in [-0.2, -0.15) is 0 Å². The number of nitrogens with zero attached hydrogens (tertiary/aromatic N) is 1. The molecule has 2 rings (SSSR count). The Morgan fingerprint density at radius 3 is 2.47 bits per heavy atom. The average Bonchev–Trinajstić information content (AvgIpc) is 2.32. The lowest BCUT2D eigenvalue weighted by molar-refractivity contribution is 1.12. The van der Waals surface area contributed by atoms with E-state index in [4.69, 9.17) is 18.0 Å². The van der Waals surface area contributed by atoms with Gasteiger partial charge in [0.15, 0.2) is 0 Å². The van der Waals surface area contributed by atoms with Gasteiger partial charge >= 0.3 is 0 Å². The molecule has 98 valence electrons. The third-order valence-electron chi connectivity index (χ3n) is 2.93. The van der Waals surface area contributed by atoms with Gasteiger partial charge in [0.05, 0.1) is 11.4 Å². The summed E-state index contributed by atoms with van der Waals surface area (Å²) in [4.78, 5) is 4.83. The summed E-state index contributed by atoms with van der Waals surface area (Å²) in [6, 6.07) is 9.97. The maximum atomic E-state index is 5.76. The molecular weight excluding hydrogens is 254 g/mol. The minimum atomic E-state index is 0.389. The number of thiocarbonyl (C=S) groups is 1. The van der Waals surface area contributed by atoms with E-state index in [1.165, 1.54) is 0 Å². The van der Waals surface area contributed by atoms with Crippen LogP contribution in [0, 0.1) is 20.8 Å². The van der Waals surface area contributed by atoms with Crippen LogP contribution in [0.2, 0.25) is 0 Å². The zero-order valence-electron chi connectivity index (χ0n) is 11.3. The van der Waals surface area contributed by atoms with Crippen LogP contribution in [0.25, 0.3) is 0 Å². The monoisotopic (exact) mass is 271 g/mol. The maximum Gasteiger partial charge on any atom is 0.106 e. The molecule has 0 amide bonds. The number of rotatable bonds is 3. The molecule has 0 aliphatic carbocycles. The summed E-state index contributed by atoms with van der Waals surface area (Å²) in [6.45, 7) is 5.99. The number of aryl methyl sites for hydroxylation is 3. The second kappa shape index (κ2) is 5.36. The first kappa shape index (κ1) is 13.5. The lowest BCUT2D eigenvalue weighted by Crippen LogP contribution is -2.12. The smallest absolute Gasteiger partial charge is 0.106 e. The average molecular weight is 271 g/mol. The van der Waals surface area contributed by atoms with Gasteiger partial charge in [-0.25, -0.2) is 0 Å². The van der Waals surface area contributed by atoms with E-state index in [2.05, 4.69) is 10.3 Å². The molecular formula is C15H17N3S. The molecule has 0 atom stereocenters. The van der Waals surface area contributed by atoms with Crippen LogP contribution in [0.5, 0.6) is 0 Å². The number of hydrogen-bond acceptors (Lipinski definition) is 3. The molecule has 0 bridgehead atoms. The van der Waals surface area contributed by atoms with Gasteiger partial charge in [0.25, 0.3) is 0 Å². The minimum absolute atomic E-state index is 0.389. The summed E-state index contributed by atoms with van der Waals surface area (Å²) >= 11 is 5.08. The summed E-state index contributed by atoms with van der Waals surface area (Å²) in [6.07, 6.45) is 0. The predicted molar refractivity (Wildman–Crippen MR) is 84.1 cm³/mol. The topological polar surface area (TPSA) is 50.9 Å². The Kier molecular flexibility index (Phi) is 3.81.